The molecule has 2 atom stereocenters. The first kappa shape index (κ1) is 12.0. The molecule has 0 aromatic rings. The van der Waals surface area contributed by atoms with Crippen molar-refractivity contribution in [3.8, 4) is 0 Å². The number of amides is 3. The number of imide groups is 1. The number of urea groups is 1. The van der Waals surface area contributed by atoms with Gasteiger partial charge in [-0.2, -0.15) is 0 Å². The Balaban J connectivity index is 2.59. The minimum atomic E-state index is -0.497. The van der Waals surface area contributed by atoms with E-state index in [2.05, 4.69) is 5.32 Å². The number of carbonyl (C=O) groups excluding carboxylic acids is 2. The Morgan fingerprint density at radius 2 is 2.00 bits per heavy atom. The number of nitrogens with zero attached hydrogens (tertiary/aromatic N) is 1. The van der Waals surface area contributed by atoms with Gasteiger partial charge in [-0.05, 0) is 19.3 Å². The number of hydrogen-bond acceptors (Lipinski definition) is 3. The van der Waals surface area contributed by atoms with E-state index in [1.54, 1.807) is 6.92 Å². The van der Waals surface area contributed by atoms with Crippen LogP contribution in [0.4, 0.5) is 4.79 Å². The SMILES string of the molecule is CC(O)CCN1C(=O)NC(C(C)C)C1=O. The molecule has 0 aromatic heterocycles. The molecule has 5 nitrogen and oxygen atoms in total. The maximum Gasteiger partial charge on any atom is 0.324 e. The Morgan fingerprint density at radius 1 is 1.40 bits per heavy atom. The summed E-state index contributed by atoms with van der Waals surface area (Å²) in [6.45, 7) is 5.70. The maximum absolute atomic E-state index is 11.7. The molecule has 5 heteroatoms. The Bertz CT molecular complexity index is 263. The summed E-state index contributed by atoms with van der Waals surface area (Å²) in [6.07, 6.45) is -0.0760. The van der Waals surface area contributed by atoms with Crippen LogP contribution in [0.5, 0.6) is 0 Å². The summed E-state index contributed by atoms with van der Waals surface area (Å²) in [5, 5.41) is 11.7. The van der Waals surface area contributed by atoms with Crippen LogP contribution >= 0.6 is 0 Å². The van der Waals surface area contributed by atoms with Gasteiger partial charge in [-0.1, -0.05) is 13.8 Å². The fourth-order valence-electron chi connectivity index (χ4n) is 1.52. The van der Waals surface area contributed by atoms with Gasteiger partial charge in [-0.15, -0.1) is 0 Å². The van der Waals surface area contributed by atoms with Gasteiger partial charge >= 0.3 is 6.03 Å². The second-order valence-corrected chi connectivity index (χ2v) is 4.30. The van der Waals surface area contributed by atoms with Gasteiger partial charge in [0.1, 0.15) is 6.04 Å². The third-order valence-electron chi connectivity index (χ3n) is 2.49. The molecule has 15 heavy (non-hydrogen) atoms. The lowest BCUT2D eigenvalue weighted by Crippen LogP contribution is -2.35. The standard InChI is InChI=1S/C10H18N2O3/c1-6(2)8-9(14)12(10(15)11-8)5-4-7(3)13/h6-8,13H,4-5H2,1-3H3,(H,11,15). The van der Waals surface area contributed by atoms with Crippen LogP contribution in [0.2, 0.25) is 0 Å². The zero-order valence-electron chi connectivity index (χ0n) is 9.36. The van der Waals surface area contributed by atoms with Crippen LogP contribution in [0.15, 0.2) is 0 Å². The van der Waals surface area contributed by atoms with Gasteiger partial charge < -0.3 is 10.4 Å². The Labute approximate surface area is 89.4 Å². The highest BCUT2D eigenvalue weighted by Gasteiger charge is 2.39. The summed E-state index contributed by atoms with van der Waals surface area (Å²) >= 11 is 0. The van der Waals surface area contributed by atoms with Crippen LogP contribution in [0.1, 0.15) is 27.2 Å². The van der Waals surface area contributed by atoms with Gasteiger partial charge in [0.15, 0.2) is 0 Å². The summed E-state index contributed by atoms with van der Waals surface area (Å²) < 4.78 is 0. The molecule has 0 aromatic carbocycles. The van der Waals surface area contributed by atoms with Crippen molar-refractivity contribution in [2.24, 2.45) is 5.92 Å². The number of nitrogens with one attached hydrogen (secondary N) is 1. The van der Waals surface area contributed by atoms with Crippen molar-refractivity contribution in [3.05, 3.63) is 0 Å². The van der Waals surface area contributed by atoms with E-state index in [0.717, 1.165) is 0 Å². The molecule has 3 amide bonds. The molecule has 1 saturated heterocycles. The number of aliphatic hydroxyl groups is 1. The maximum atomic E-state index is 11.7. The van der Waals surface area contributed by atoms with E-state index in [1.165, 1.54) is 4.90 Å². The predicted molar refractivity (Wildman–Crippen MR) is 55.2 cm³/mol. The van der Waals surface area contributed by atoms with Crippen molar-refractivity contribution in [2.45, 2.75) is 39.3 Å². The largest absolute Gasteiger partial charge is 0.393 e. The normalized spacial score (nSPS) is 23.5. The van der Waals surface area contributed by atoms with Crippen molar-refractivity contribution < 1.29 is 14.7 Å². The third kappa shape index (κ3) is 2.68. The lowest BCUT2D eigenvalue weighted by molar-refractivity contribution is -0.128. The molecule has 0 bridgehead atoms. The lowest BCUT2D eigenvalue weighted by atomic mass is 10.1. The summed E-state index contributed by atoms with van der Waals surface area (Å²) in [7, 11) is 0. The fraction of sp³-hybridized carbons (Fsp3) is 0.800. The van der Waals surface area contributed by atoms with E-state index < -0.39 is 12.1 Å². The van der Waals surface area contributed by atoms with Gasteiger partial charge in [0.2, 0.25) is 0 Å². The van der Waals surface area contributed by atoms with Crippen LogP contribution < -0.4 is 5.32 Å². The van der Waals surface area contributed by atoms with Crippen molar-refractivity contribution >= 4 is 11.9 Å². The highest BCUT2D eigenvalue weighted by atomic mass is 16.3. The van der Waals surface area contributed by atoms with Crippen molar-refractivity contribution in [2.75, 3.05) is 6.54 Å². The van der Waals surface area contributed by atoms with Crippen LogP contribution in [0, 0.1) is 5.92 Å². The minimum absolute atomic E-state index is 0.0954. The molecule has 1 heterocycles. The first-order valence-corrected chi connectivity index (χ1v) is 5.23. The van der Waals surface area contributed by atoms with E-state index in [-0.39, 0.29) is 24.4 Å². The third-order valence-corrected chi connectivity index (χ3v) is 2.49. The summed E-state index contributed by atoms with van der Waals surface area (Å²) in [5.74, 6) is -0.0892. The van der Waals surface area contributed by atoms with Crippen LogP contribution in [-0.2, 0) is 4.79 Å². The Hall–Kier alpha value is -1.10. The molecule has 2 N–H and O–H groups in total. The van der Waals surface area contributed by atoms with Crippen molar-refractivity contribution in [3.63, 3.8) is 0 Å². The van der Waals surface area contributed by atoms with E-state index in [1.807, 2.05) is 13.8 Å². The molecule has 2 unspecified atom stereocenters. The highest BCUT2D eigenvalue weighted by Crippen LogP contribution is 2.14. The minimum Gasteiger partial charge on any atom is -0.393 e. The second-order valence-electron chi connectivity index (χ2n) is 4.30. The molecule has 1 aliphatic rings. The molecule has 1 fully saturated rings. The Kier molecular flexibility index (Phi) is 3.68. The monoisotopic (exact) mass is 214 g/mol. The number of rotatable bonds is 4. The molecule has 0 spiro atoms. The van der Waals surface area contributed by atoms with Gasteiger partial charge in [0, 0.05) is 6.54 Å². The lowest BCUT2D eigenvalue weighted by Gasteiger charge is -2.14. The number of aliphatic hydroxyl groups excluding tert-OH is 1. The average molecular weight is 214 g/mol. The summed E-state index contributed by atoms with van der Waals surface area (Å²) in [4.78, 5) is 24.3. The molecule has 1 rings (SSSR count). The molecule has 86 valence electrons. The quantitative estimate of drug-likeness (QED) is 0.663. The van der Waals surface area contributed by atoms with Gasteiger partial charge in [0.25, 0.3) is 5.91 Å². The number of hydrogen-bond donors (Lipinski definition) is 2. The topological polar surface area (TPSA) is 69.6 Å². The van der Waals surface area contributed by atoms with Crippen LogP contribution in [0.25, 0.3) is 0 Å². The van der Waals surface area contributed by atoms with Crippen molar-refractivity contribution in [1.29, 1.82) is 0 Å². The van der Waals surface area contributed by atoms with Crippen molar-refractivity contribution in [1.82, 2.24) is 10.2 Å². The second kappa shape index (κ2) is 4.61. The van der Waals surface area contributed by atoms with E-state index >= 15 is 0 Å². The summed E-state index contributed by atoms with van der Waals surface area (Å²) in [6, 6.07) is -0.758. The molecular weight excluding hydrogens is 196 g/mol. The fourth-order valence-corrected chi connectivity index (χ4v) is 1.52. The van der Waals surface area contributed by atoms with Gasteiger partial charge in [0.05, 0.1) is 6.10 Å². The van der Waals surface area contributed by atoms with E-state index in [9.17, 15) is 9.59 Å². The van der Waals surface area contributed by atoms with E-state index in [4.69, 9.17) is 5.11 Å². The summed E-state index contributed by atoms with van der Waals surface area (Å²) in [5.41, 5.74) is 0. The molecular formula is C10H18N2O3. The van der Waals surface area contributed by atoms with Crippen LogP contribution in [0.3, 0.4) is 0 Å². The molecule has 0 radical (unpaired) electrons. The zero-order chi connectivity index (χ0) is 11.6. The Morgan fingerprint density at radius 3 is 2.40 bits per heavy atom. The zero-order valence-corrected chi connectivity index (χ0v) is 9.36. The molecule has 0 saturated carbocycles. The number of carbonyl (C=O) groups is 2. The van der Waals surface area contributed by atoms with Crippen LogP contribution in [-0.4, -0.2) is 40.6 Å². The molecule has 0 aliphatic carbocycles. The smallest absolute Gasteiger partial charge is 0.324 e. The predicted octanol–water partition coefficient (Wildman–Crippen LogP) is 0.334. The van der Waals surface area contributed by atoms with E-state index in [0.29, 0.717) is 6.42 Å². The average Bonchev–Trinajstić information content (AvgIpc) is 2.39. The van der Waals surface area contributed by atoms with Gasteiger partial charge in [-0.25, -0.2) is 4.79 Å². The first-order chi connectivity index (χ1) is 6.93. The highest BCUT2D eigenvalue weighted by molar-refractivity contribution is 6.04. The van der Waals surface area contributed by atoms with Gasteiger partial charge in [-0.3, -0.25) is 9.69 Å². The molecule has 1 aliphatic heterocycles. The first-order valence-electron chi connectivity index (χ1n) is 5.23.